The van der Waals surface area contributed by atoms with Gasteiger partial charge in [0.1, 0.15) is 5.82 Å². The smallest absolute Gasteiger partial charge is 0.307 e. The van der Waals surface area contributed by atoms with Crippen LogP contribution in [0.15, 0.2) is 66.7 Å². The van der Waals surface area contributed by atoms with Crippen molar-refractivity contribution < 1.29 is 23.9 Å². The molecule has 0 fully saturated rings. The first kappa shape index (κ1) is 26.6. The first-order valence-corrected chi connectivity index (χ1v) is 12.1. The number of anilines is 3. The Morgan fingerprint density at radius 1 is 1.00 bits per heavy atom. The molecule has 4 rings (SSSR count). The zero-order chi connectivity index (χ0) is 27.4. The Bertz CT molecular complexity index is 1420. The van der Waals surface area contributed by atoms with Crippen LogP contribution in [-0.2, 0) is 20.8 Å². The molecule has 196 valence electrons. The summed E-state index contributed by atoms with van der Waals surface area (Å²) in [4.78, 5) is 40.3. The summed E-state index contributed by atoms with van der Waals surface area (Å²) in [5, 5.41) is 15.3. The SMILES string of the molecule is CC(=O)N(CCN(C)C)c1ccc(N/C(=C2\C(=O)Nc3cc(F)ccc32)c2cccc(CC(=O)O)c2)cc1. The maximum atomic E-state index is 13.9. The number of aliphatic carboxylic acids is 1. The highest BCUT2D eigenvalue weighted by molar-refractivity contribution is 6.37. The zero-order valence-electron chi connectivity index (χ0n) is 21.4. The molecule has 3 aromatic rings. The Labute approximate surface area is 220 Å². The number of rotatable bonds is 9. The lowest BCUT2D eigenvalue weighted by atomic mass is 9.98. The number of halogens is 1. The lowest BCUT2D eigenvalue weighted by Crippen LogP contribution is -2.35. The number of likely N-dealkylation sites (N-methyl/N-ethyl adjacent to an activating group) is 1. The average molecular weight is 517 g/mol. The lowest BCUT2D eigenvalue weighted by Gasteiger charge is -2.23. The second kappa shape index (κ2) is 11.3. The van der Waals surface area contributed by atoms with Crippen molar-refractivity contribution in [3.05, 3.63) is 89.2 Å². The predicted octanol–water partition coefficient (Wildman–Crippen LogP) is 4.30. The van der Waals surface area contributed by atoms with E-state index in [0.29, 0.717) is 52.4 Å². The third kappa shape index (κ3) is 6.07. The number of carboxylic acid groups (broad SMARTS) is 1. The Morgan fingerprint density at radius 2 is 1.74 bits per heavy atom. The number of carboxylic acids is 1. The maximum absolute atomic E-state index is 13.9. The fourth-order valence-electron chi connectivity index (χ4n) is 4.32. The second-order valence-electron chi connectivity index (χ2n) is 9.31. The molecule has 2 amide bonds. The number of hydrogen-bond donors (Lipinski definition) is 3. The van der Waals surface area contributed by atoms with E-state index in [9.17, 15) is 23.9 Å². The highest BCUT2D eigenvalue weighted by Gasteiger charge is 2.29. The highest BCUT2D eigenvalue weighted by atomic mass is 19.1. The molecule has 0 aromatic heterocycles. The van der Waals surface area contributed by atoms with Crippen LogP contribution in [-0.4, -0.2) is 55.0 Å². The van der Waals surface area contributed by atoms with Crippen LogP contribution in [0.5, 0.6) is 0 Å². The van der Waals surface area contributed by atoms with Crippen LogP contribution in [0.2, 0.25) is 0 Å². The van der Waals surface area contributed by atoms with Crippen molar-refractivity contribution in [1.29, 1.82) is 0 Å². The van der Waals surface area contributed by atoms with E-state index in [0.717, 1.165) is 5.69 Å². The number of nitrogens with zero attached hydrogens (tertiary/aromatic N) is 2. The summed E-state index contributed by atoms with van der Waals surface area (Å²) in [5.74, 6) is -1.91. The number of benzene rings is 3. The quantitative estimate of drug-likeness (QED) is 0.367. The van der Waals surface area contributed by atoms with Crippen LogP contribution >= 0.6 is 0 Å². The van der Waals surface area contributed by atoms with E-state index < -0.39 is 17.7 Å². The van der Waals surface area contributed by atoms with Gasteiger partial charge in [-0.05, 0) is 73.8 Å². The van der Waals surface area contributed by atoms with Gasteiger partial charge in [-0.1, -0.05) is 18.2 Å². The van der Waals surface area contributed by atoms with Gasteiger partial charge in [-0.2, -0.15) is 0 Å². The standard InChI is InChI=1S/C29H29FN4O4/c1-18(35)34(14-13-33(2)3)23-10-8-22(9-11-23)31-28(20-6-4-5-19(15-20)16-26(36)37)27-24-12-7-21(30)17-25(24)32-29(27)38/h4-12,15,17,31H,13-14,16H2,1-3H3,(H,32,38)(H,36,37)/b28-27-. The molecule has 0 saturated carbocycles. The Morgan fingerprint density at radius 3 is 2.39 bits per heavy atom. The van der Waals surface area contributed by atoms with Gasteiger partial charge in [-0.25, -0.2) is 4.39 Å². The number of carbonyl (C=O) groups excluding carboxylic acids is 2. The van der Waals surface area contributed by atoms with Gasteiger partial charge in [0.25, 0.3) is 5.91 Å². The summed E-state index contributed by atoms with van der Waals surface area (Å²) in [6, 6.07) is 18.3. The van der Waals surface area contributed by atoms with Crippen molar-refractivity contribution in [2.45, 2.75) is 13.3 Å². The van der Waals surface area contributed by atoms with Crippen molar-refractivity contribution in [3.8, 4) is 0 Å². The third-order valence-electron chi connectivity index (χ3n) is 6.15. The first-order valence-electron chi connectivity index (χ1n) is 12.1. The molecule has 0 saturated heterocycles. The van der Waals surface area contributed by atoms with E-state index in [4.69, 9.17) is 0 Å². The molecule has 0 radical (unpaired) electrons. The first-order chi connectivity index (χ1) is 18.1. The van der Waals surface area contributed by atoms with Gasteiger partial charge >= 0.3 is 5.97 Å². The summed E-state index contributed by atoms with van der Waals surface area (Å²) in [6.07, 6.45) is -0.174. The second-order valence-corrected chi connectivity index (χ2v) is 9.31. The number of fused-ring (bicyclic) bond motifs is 1. The van der Waals surface area contributed by atoms with Crippen molar-refractivity contribution >= 4 is 46.1 Å². The molecule has 0 spiro atoms. The Balaban J connectivity index is 1.75. The molecule has 0 atom stereocenters. The summed E-state index contributed by atoms with van der Waals surface area (Å²) < 4.78 is 13.9. The van der Waals surface area contributed by atoms with E-state index in [1.807, 2.05) is 31.1 Å². The minimum atomic E-state index is -0.969. The number of amides is 2. The molecule has 1 aliphatic rings. The van der Waals surface area contributed by atoms with Crippen molar-refractivity contribution in [2.24, 2.45) is 0 Å². The minimum Gasteiger partial charge on any atom is -0.481 e. The lowest BCUT2D eigenvalue weighted by molar-refractivity contribution is -0.136. The summed E-state index contributed by atoms with van der Waals surface area (Å²) in [6.45, 7) is 2.76. The van der Waals surface area contributed by atoms with E-state index in [-0.39, 0.29) is 12.3 Å². The van der Waals surface area contributed by atoms with Crippen LogP contribution in [0.3, 0.4) is 0 Å². The van der Waals surface area contributed by atoms with Crippen LogP contribution in [0.25, 0.3) is 11.3 Å². The normalized spacial score (nSPS) is 13.7. The van der Waals surface area contributed by atoms with Gasteiger partial charge in [-0.15, -0.1) is 0 Å². The molecule has 0 bridgehead atoms. The number of carbonyl (C=O) groups is 3. The molecule has 3 aromatic carbocycles. The van der Waals surface area contributed by atoms with Crippen LogP contribution in [0.1, 0.15) is 23.6 Å². The Hall–Kier alpha value is -4.50. The molecular weight excluding hydrogens is 487 g/mol. The van der Waals surface area contributed by atoms with E-state index >= 15 is 0 Å². The molecule has 38 heavy (non-hydrogen) atoms. The fraction of sp³-hybridized carbons (Fsp3) is 0.207. The molecule has 3 N–H and O–H groups in total. The molecule has 8 nitrogen and oxygen atoms in total. The summed E-state index contributed by atoms with van der Waals surface area (Å²) in [7, 11) is 3.88. The van der Waals surface area contributed by atoms with Crippen molar-refractivity contribution in [3.63, 3.8) is 0 Å². The number of nitrogens with one attached hydrogen (secondary N) is 2. The van der Waals surface area contributed by atoms with Gasteiger partial charge in [-0.3, -0.25) is 14.4 Å². The van der Waals surface area contributed by atoms with Gasteiger partial charge in [0.15, 0.2) is 0 Å². The maximum Gasteiger partial charge on any atom is 0.307 e. The highest BCUT2D eigenvalue weighted by Crippen LogP contribution is 2.38. The van der Waals surface area contributed by atoms with Crippen LogP contribution in [0.4, 0.5) is 21.5 Å². The monoisotopic (exact) mass is 516 g/mol. The minimum absolute atomic E-state index is 0.0722. The van der Waals surface area contributed by atoms with E-state index in [1.165, 1.54) is 19.1 Å². The van der Waals surface area contributed by atoms with Crippen LogP contribution in [0, 0.1) is 5.82 Å². The Kier molecular flexibility index (Phi) is 7.87. The molecule has 1 aliphatic heterocycles. The molecular formula is C29H29FN4O4. The summed E-state index contributed by atoms with van der Waals surface area (Å²) >= 11 is 0. The molecule has 9 heteroatoms. The average Bonchev–Trinajstić information content (AvgIpc) is 3.17. The zero-order valence-corrected chi connectivity index (χ0v) is 21.4. The van der Waals surface area contributed by atoms with Crippen molar-refractivity contribution in [1.82, 2.24) is 4.90 Å². The van der Waals surface area contributed by atoms with E-state index in [2.05, 4.69) is 10.6 Å². The number of hydrogen-bond acceptors (Lipinski definition) is 5. The fourth-order valence-corrected chi connectivity index (χ4v) is 4.32. The predicted molar refractivity (Wildman–Crippen MR) is 146 cm³/mol. The van der Waals surface area contributed by atoms with Gasteiger partial charge in [0.2, 0.25) is 5.91 Å². The van der Waals surface area contributed by atoms with Gasteiger partial charge in [0, 0.05) is 37.0 Å². The molecule has 0 unspecified atom stereocenters. The van der Waals surface area contributed by atoms with Gasteiger partial charge in [0.05, 0.1) is 23.4 Å². The summed E-state index contributed by atoms with van der Waals surface area (Å²) in [5.41, 5.74) is 4.22. The van der Waals surface area contributed by atoms with E-state index in [1.54, 1.807) is 47.4 Å². The van der Waals surface area contributed by atoms with Crippen molar-refractivity contribution in [2.75, 3.05) is 42.7 Å². The topological polar surface area (TPSA) is 102 Å². The third-order valence-corrected chi connectivity index (χ3v) is 6.15. The molecule has 0 aliphatic carbocycles. The molecule has 1 heterocycles. The largest absolute Gasteiger partial charge is 0.481 e. The van der Waals surface area contributed by atoms with Crippen LogP contribution < -0.4 is 15.5 Å². The van der Waals surface area contributed by atoms with Gasteiger partial charge < -0.3 is 25.5 Å².